The van der Waals surface area contributed by atoms with Gasteiger partial charge in [-0.15, -0.1) is 11.3 Å². The van der Waals surface area contributed by atoms with E-state index in [9.17, 15) is 9.59 Å². The Morgan fingerprint density at radius 1 is 1.37 bits per heavy atom. The van der Waals surface area contributed by atoms with Crippen molar-refractivity contribution in [1.82, 2.24) is 20.1 Å². The standard InChI is InChI=1S/C18H21N5O3S/c1-10-20-8-12(27-10)9-26-11-5-6-14-13(7-11)15(23(4)22-14)16(24)21-18(2,3)17(19)25/h5-8H,9H2,1-4H3,(H2,19,25)(H,21,24). The van der Waals surface area contributed by atoms with Gasteiger partial charge in [-0.25, -0.2) is 4.98 Å². The van der Waals surface area contributed by atoms with Gasteiger partial charge in [0.05, 0.1) is 15.4 Å². The lowest BCUT2D eigenvalue weighted by Crippen LogP contribution is -2.53. The second-order valence-corrected chi connectivity index (χ2v) is 8.05. The number of nitrogens with one attached hydrogen (secondary N) is 1. The molecule has 0 spiro atoms. The molecule has 0 saturated carbocycles. The third kappa shape index (κ3) is 3.92. The zero-order valence-electron chi connectivity index (χ0n) is 15.6. The summed E-state index contributed by atoms with van der Waals surface area (Å²) in [5.74, 6) is -0.435. The third-order valence-corrected chi connectivity index (χ3v) is 5.00. The summed E-state index contributed by atoms with van der Waals surface area (Å²) in [4.78, 5) is 29.5. The summed E-state index contributed by atoms with van der Waals surface area (Å²) in [6.45, 7) is 5.44. The number of hydrogen-bond donors (Lipinski definition) is 2. The first-order chi connectivity index (χ1) is 12.7. The minimum atomic E-state index is -1.17. The molecule has 0 aliphatic carbocycles. The highest BCUT2D eigenvalue weighted by molar-refractivity contribution is 7.11. The van der Waals surface area contributed by atoms with E-state index in [0.717, 1.165) is 9.88 Å². The topological polar surface area (TPSA) is 112 Å². The number of aromatic nitrogens is 3. The van der Waals surface area contributed by atoms with E-state index >= 15 is 0 Å². The van der Waals surface area contributed by atoms with Gasteiger partial charge in [-0.3, -0.25) is 14.3 Å². The van der Waals surface area contributed by atoms with E-state index in [4.69, 9.17) is 10.5 Å². The van der Waals surface area contributed by atoms with E-state index in [2.05, 4.69) is 15.4 Å². The molecule has 0 atom stereocenters. The average molecular weight is 387 g/mol. The second-order valence-electron chi connectivity index (χ2n) is 6.73. The van der Waals surface area contributed by atoms with Crippen molar-refractivity contribution >= 4 is 34.1 Å². The fourth-order valence-electron chi connectivity index (χ4n) is 2.57. The fourth-order valence-corrected chi connectivity index (χ4v) is 3.28. The predicted octanol–water partition coefficient (Wildman–Crippen LogP) is 1.91. The highest BCUT2D eigenvalue weighted by Crippen LogP contribution is 2.25. The van der Waals surface area contributed by atoms with Crippen molar-refractivity contribution in [2.24, 2.45) is 12.8 Å². The van der Waals surface area contributed by atoms with Gasteiger partial charge >= 0.3 is 0 Å². The summed E-state index contributed by atoms with van der Waals surface area (Å²) in [7, 11) is 1.67. The van der Waals surface area contributed by atoms with Crippen LogP contribution in [0.5, 0.6) is 5.75 Å². The maximum absolute atomic E-state index is 12.7. The Morgan fingerprint density at radius 3 is 2.74 bits per heavy atom. The predicted molar refractivity (Wildman–Crippen MR) is 103 cm³/mol. The van der Waals surface area contributed by atoms with Crippen LogP contribution in [0, 0.1) is 6.92 Å². The number of fused-ring (bicyclic) bond motifs is 1. The van der Waals surface area contributed by atoms with Crippen molar-refractivity contribution in [3.05, 3.63) is 40.0 Å². The number of nitrogens with two attached hydrogens (primary N) is 1. The smallest absolute Gasteiger partial charge is 0.271 e. The number of carbonyl (C=O) groups is 2. The molecule has 3 aromatic rings. The van der Waals surface area contributed by atoms with Crippen molar-refractivity contribution in [2.75, 3.05) is 0 Å². The molecule has 3 N–H and O–H groups in total. The summed E-state index contributed by atoms with van der Waals surface area (Å²) in [5.41, 5.74) is 5.15. The molecular weight excluding hydrogens is 366 g/mol. The van der Waals surface area contributed by atoms with Crippen molar-refractivity contribution in [3.8, 4) is 5.75 Å². The Hall–Kier alpha value is -2.94. The van der Waals surface area contributed by atoms with E-state index in [1.807, 2.05) is 6.92 Å². The molecule has 0 fully saturated rings. The van der Waals surface area contributed by atoms with Gasteiger partial charge in [-0.2, -0.15) is 5.10 Å². The van der Waals surface area contributed by atoms with E-state index in [1.54, 1.807) is 56.6 Å². The van der Waals surface area contributed by atoms with E-state index in [-0.39, 0.29) is 0 Å². The molecule has 8 nitrogen and oxygen atoms in total. The van der Waals surface area contributed by atoms with Gasteiger partial charge in [0.2, 0.25) is 5.91 Å². The summed E-state index contributed by atoms with van der Waals surface area (Å²) in [5, 5.41) is 8.61. The maximum Gasteiger partial charge on any atom is 0.271 e. The molecule has 1 aromatic carbocycles. The Morgan fingerprint density at radius 2 is 2.11 bits per heavy atom. The number of ether oxygens (including phenoxy) is 1. The van der Waals surface area contributed by atoms with Crippen molar-refractivity contribution in [1.29, 1.82) is 0 Å². The van der Waals surface area contributed by atoms with Crippen LogP contribution in [0.1, 0.15) is 34.2 Å². The van der Waals surface area contributed by atoms with Gasteiger partial charge in [-0.05, 0) is 39.0 Å². The highest BCUT2D eigenvalue weighted by atomic mass is 32.1. The first kappa shape index (κ1) is 18.8. The molecule has 0 bridgehead atoms. The van der Waals surface area contributed by atoms with E-state index < -0.39 is 17.4 Å². The number of amides is 2. The van der Waals surface area contributed by atoms with Crippen LogP contribution in [-0.2, 0) is 18.4 Å². The van der Waals surface area contributed by atoms with Crippen LogP contribution in [0.2, 0.25) is 0 Å². The largest absolute Gasteiger partial charge is 0.488 e. The zero-order valence-corrected chi connectivity index (χ0v) is 16.4. The van der Waals surface area contributed by atoms with Crippen LogP contribution in [0.4, 0.5) is 0 Å². The third-order valence-electron chi connectivity index (χ3n) is 4.11. The molecule has 2 aromatic heterocycles. The molecule has 2 amide bonds. The Bertz CT molecular complexity index is 1020. The van der Waals surface area contributed by atoms with Crippen molar-refractivity contribution in [2.45, 2.75) is 32.9 Å². The Kier molecular flexibility index (Phi) is 4.88. The molecule has 27 heavy (non-hydrogen) atoms. The SMILES string of the molecule is Cc1ncc(COc2ccc3nn(C)c(C(=O)NC(C)(C)C(N)=O)c3c2)s1. The molecule has 0 unspecified atom stereocenters. The number of benzene rings is 1. The molecule has 0 radical (unpaired) electrons. The zero-order chi connectivity index (χ0) is 19.8. The normalized spacial score (nSPS) is 11.6. The number of nitrogens with zero attached hydrogens (tertiary/aromatic N) is 3. The van der Waals surface area contributed by atoms with Crippen LogP contribution in [0.25, 0.3) is 10.9 Å². The first-order valence-electron chi connectivity index (χ1n) is 8.30. The summed E-state index contributed by atoms with van der Waals surface area (Å²) < 4.78 is 7.30. The quantitative estimate of drug-likeness (QED) is 0.671. The average Bonchev–Trinajstić information content (AvgIpc) is 3.14. The molecule has 3 rings (SSSR count). The maximum atomic E-state index is 12.7. The monoisotopic (exact) mass is 387 g/mol. The lowest BCUT2D eigenvalue weighted by molar-refractivity contribution is -0.122. The van der Waals surface area contributed by atoms with E-state index in [1.165, 1.54) is 4.68 Å². The Labute approximate surface area is 160 Å². The minimum Gasteiger partial charge on any atom is -0.488 e. The van der Waals surface area contributed by atoms with Crippen LogP contribution < -0.4 is 15.8 Å². The molecular formula is C18H21N5O3S. The number of carbonyl (C=O) groups excluding carboxylic acids is 2. The van der Waals surface area contributed by atoms with Gasteiger partial charge in [0.25, 0.3) is 5.91 Å². The second kappa shape index (κ2) is 6.99. The fraction of sp³-hybridized carbons (Fsp3) is 0.333. The summed E-state index contributed by atoms with van der Waals surface area (Å²) in [6, 6.07) is 5.36. The number of aryl methyl sites for hydroxylation is 2. The lowest BCUT2D eigenvalue weighted by atomic mass is 10.0. The van der Waals surface area contributed by atoms with Crippen LogP contribution >= 0.6 is 11.3 Å². The van der Waals surface area contributed by atoms with Crippen LogP contribution in [-0.4, -0.2) is 32.1 Å². The van der Waals surface area contributed by atoms with E-state index in [0.29, 0.717) is 29.0 Å². The molecule has 0 saturated heterocycles. The van der Waals surface area contributed by atoms with Gasteiger partial charge in [0.1, 0.15) is 23.6 Å². The molecule has 9 heteroatoms. The van der Waals surface area contributed by atoms with Gasteiger partial charge in [0.15, 0.2) is 0 Å². The lowest BCUT2D eigenvalue weighted by Gasteiger charge is -2.22. The molecule has 0 aliphatic rings. The van der Waals surface area contributed by atoms with Gasteiger partial charge in [0, 0.05) is 18.6 Å². The number of thiazole rings is 1. The summed E-state index contributed by atoms with van der Waals surface area (Å²) >= 11 is 1.57. The van der Waals surface area contributed by atoms with Crippen LogP contribution in [0.15, 0.2) is 24.4 Å². The Balaban J connectivity index is 1.88. The minimum absolute atomic E-state index is 0.332. The molecule has 2 heterocycles. The number of hydrogen-bond acceptors (Lipinski definition) is 6. The van der Waals surface area contributed by atoms with Crippen molar-refractivity contribution in [3.63, 3.8) is 0 Å². The summed E-state index contributed by atoms with van der Waals surface area (Å²) in [6.07, 6.45) is 1.79. The first-order valence-corrected chi connectivity index (χ1v) is 9.12. The van der Waals surface area contributed by atoms with Crippen LogP contribution in [0.3, 0.4) is 0 Å². The highest BCUT2D eigenvalue weighted by Gasteiger charge is 2.29. The molecule has 0 aliphatic heterocycles. The number of rotatable bonds is 6. The van der Waals surface area contributed by atoms with Crippen molar-refractivity contribution < 1.29 is 14.3 Å². The molecule has 142 valence electrons. The number of primary amides is 1. The van der Waals surface area contributed by atoms with Gasteiger partial charge in [-0.1, -0.05) is 0 Å². The van der Waals surface area contributed by atoms with Gasteiger partial charge < -0.3 is 15.8 Å².